The first-order chi connectivity index (χ1) is 8.45. The van der Waals surface area contributed by atoms with Crippen LogP contribution in [0.1, 0.15) is 13.8 Å². The van der Waals surface area contributed by atoms with E-state index in [0.29, 0.717) is 10.7 Å². The molecule has 1 heterocycles. The second-order valence-corrected chi connectivity index (χ2v) is 5.74. The normalized spacial score (nSPS) is 11.8. The molecule has 0 aliphatic rings. The number of nitrogens with one attached hydrogen (secondary N) is 2. The summed E-state index contributed by atoms with van der Waals surface area (Å²) in [5, 5.41) is 6.29. The summed E-state index contributed by atoms with van der Waals surface area (Å²) < 4.78 is 0.997. The van der Waals surface area contributed by atoms with Crippen molar-refractivity contribution in [3.8, 4) is 0 Å². The Labute approximate surface area is 114 Å². The Morgan fingerprint density at radius 3 is 2.83 bits per heavy atom. The molecule has 96 valence electrons. The third-order valence-electron chi connectivity index (χ3n) is 2.88. The molecule has 0 atom stereocenters. The van der Waals surface area contributed by atoms with Crippen molar-refractivity contribution in [2.45, 2.75) is 19.4 Å². The van der Waals surface area contributed by atoms with Gasteiger partial charge in [0.1, 0.15) is 5.52 Å². The summed E-state index contributed by atoms with van der Waals surface area (Å²) in [6, 6.07) is 3.66. The number of aromatic nitrogens is 1. The third-order valence-corrected chi connectivity index (χ3v) is 3.99. The van der Waals surface area contributed by atoms with Gasteiger partial charge < -0.3 is 10.6 Å². The number of carbonyl (C=O) groups excluding carboxylic acids is 1. The lowest BCUT2D eigenvalue weighted by Gasteiger charge is -2.23. The molecule has 2 N–H and O–H groups in total. The first-order valence-electron chi connectivity index (χ1n) is 5.48. The van der Waals surface area contributed by atoms with E-state index in [-0.39, 0.29) is 5.91 Å². The number of thiazole rings is 1. The van der Waals surface area contributed by atoms with E-state index < -0.39 is 5.54 Å². The van der Waals surface area contributed by atoms with E-state index in [2.05, 4.69) is 15.6 Å². The number of anilines is 1. The molecule has 0 fully saturated rings. The summed E-state index contributed by atoms with van der Waals surface area (Å²) in [7, 11) is 1.74. The van der Waals surface area contributed by atoms with Crippen LogP contribution in [0.15, 0.2) is 17.6 Å². The highest BCUT2D eigenvalue weighted by atomic mass is 35.5. The van der Waals surface area contributed by atoms with E-state index in [4.69, 9.17) is 11.6 Å². The molecule has 0 aliphatic carbocycles. The molecule has 0 unspecified atom stereocenters. The topological polar surface area (TPSA) is 54.0 Å². The van der Waals surface area contributed by atoms with Gasteiger partial charge in [0.2, 0.25) is 5.91 Å². The van der Waals surface area contributed by atoms with Crippen LogP contribution in [0.25, 0.3) is 10.2 Å². The Morgan fingerprint density at radius 2 is 2.17 bits per heavy atom. The minimum absolute atomic E-state index is 0.146. The number of halogens is 1. The van der Waals surface area contributed by atoms with Gasteiger partial charge in [0, 0.05) is 0 Å². The minimum Gasteiger partial charge on any atom is -0.321 e. The maximum Gasteiger partial charge on any atom is 0.244 e. The molecule has 1 aromatic heterocycles. The van der Waals surface area contributed by atoms with Crippen molar-refractivity contribution in [3.63, 3.8) is 0 Å². The number of benzene rings is 1. The molecular formula is C12H14ClN3OS. The number of hydrogen-bond acceptors (Lipinski definition) is 4. The molecule has 0 aliphatic heterocycles. The van der Waals surface area contributed by atoms with Crippen LogP contribution in [-0.2, 0) is 4.79 Å². The molecule has 0 spiro atoms. The van der Waals surface area contributed by atoms with Gasteiger partial charge in [-0.05, 0) is 33.0 Å². The van der Waals surface area contributed by atoms with Gasteiger partial charge in [0.25, 0.3) is 0 Å². The summed E-state index contributed by atoms with van der Waals surface area (Å²) in [5.74, 6) is -0.146. The highest BCUT2D eigenvalue weighted by Gasteiger charge is 2.26. The fourth-order valence-corrected chi connectivity index (χ4v) is 2.29. The van der Waals surface area contributed by atoms with Gasteiger partial charge in [-0.2, -0.15) is 0 Å². The standard InChI is InChI=1S/C12H14ClN3OS/c1-12(2,14-3)11(17)16-9-7(13)4-5-8-10(9)15-6-18-8/h4-6,14H,1-3H3,(H,16,17). The number of nitrogens with zero attached hydrogens (tertiary/aromatic N) is 1. The van der Waals surface area contributed by atoms with Crippen LogP contribution in [0.2, 0.25) is 5.02 Å². The largest absolute Gasteiger partial charge is 0.321 e. The first-order valence-corrected chi connectivity index (χ1v) is 6.73. The fourth-order valence-electron chi connectivity index (χ4n) is 1.41. The van der Waals surface area contributed by atoms with Gasteiger partial charge in [-0.1, -0.05) is 11.6 Å². The van der Waals surface area contributed by atoms with Crippen LogP contribution in [-0.4, -0.2) is 23.5 Å². The summed E-state index contributed by atoms with van der Waals surface area (Å²) in [6.07, 6.45) is 0. The molecule has 6 heteroatoms. The fraction of sp³-hybridized carbons (Fsp3) is 0.333. The first kappa shape index (κ1) is 13.3. The molecule has 2 rings (SSSR count). The zero-order valence-corrected chi connectivity index (χ0v) is 11.9. The lowest BCUT2D eigenvalue weighted by atomic mass is 10.1. The van der Waals surface area contributed by atoms with E-state index in [1.54, 1.807) is 32.5 Å². The third kappa shape index (κ3) is 2.34. The van der Waals surface area contributed by atoms with Crippen molar-refractivity contribution in [2.24, 2.45) is 0 Å². The Bertz CT molecular complexity index is 594. The van der Waals surface area contributed by atoms with E-state index >= 15 is 0 Å². The molecule has 4 nitrogen and oxygen atoms in total. The van der Waals surface area contributed by atoms with Crippen molar-refractivity contribution in [1.29, 1.82) is 0 Å². The van der Waals surface area contributed by atoms with Crippen LogP contribution < -0.4 is 10.6 Å². The van der Waals surface area contributed by atoms with Gasteiger partial charge in [0.15, 0.2) is 0 Å². The lowest BCUT2D eigenvalue weighted by Crippen LogP contribution is -2.47. The van der Waals surface area contributed by atoms with Crippen molar-refractivity contribution >= 4 is 44.7 Å². The molecular weight excluding hydrogens is 270 g/mol. The van der Waals surface area contributed by atoms with Crippen LogP contribution >= 0.6 is 22.9 Å². The van der Waals surface area contributed by atoms with E-state index in [0.717, 1.165) is 10.2 Å². The minimum atomic E-state index is -0.665. The van der Waals surface area contributed by atoms with Crippen LogP contribution in [0.5, 0.6) is 0 Å². The van der Waals surface area contributed by atoms with Gasteiger partial charge >= 0.3 is 0 Å². The zero-order valence-electron chi connectivity index (χ0n) is 10.4. The number of fused-ring (bicyclic) bond motifs is 1. The number of amides is 1. The van der Waals surface area contributed by atoms with Crippen LogP contribution in [0.3, 0.4) is 0 Å². The second kappa shape index (κ2) is 4.84. The summed E-state index contributed by atoms with van der Waals surface area (Å²) in [5.41, 5.74) is 2.37. The number of rotatable bonds is 3. The average molecular weight is 284 g/mol. The smallest absolute Gasteiger partial charge is 0.244 e. The molecule has 0 bridgehead atoms. The van der Waals surface area contributed by atoms with Crippen LogP contribution in [0.4, 0.5) is 5.69 Å². The number of carbonyl (C=O) groups is 1. The van der Waals surface area contributed by atoms with Crippen molar-refractivity contribution in [2.75, 3.05) is 12.4 Å². The monoisotopic (exact) mass is 283 g/mol. The molecule has 0 saturated carbocycles. The molecule has 18 heavy (non-hydrogen) atoms. The van der Waals surface area contributed by atoms with Gasteiger partial charge in [-0.15, -0.1) is 11.3 Å². The Kier molecular flexibility index (Phi) is 3.56. The predicted molar refractivity (Wildman–Crippen MR) is 76.4 cm³/mol. The highest BCUT2D eigenvalue weighted by Crippen LogP contribution is 2.32. The van der Waals surface area contributed by atoms with E-state index in [9.17, 15) is 4.79 Å². The average Bonchev–Trinajstić information content (AvgIpc) is 2.81. The maximum absolute atomic E-state index is 12.1. The number of likely N-dealkylation sites (N-methyl/N-ethyl adjacent to an activating group) is 1. The van der Waals surface area contributed by atoms with Gasteiger partial charge in [-0.3, -0.25) is 4.79 Å². The van der Waals surface area contributed by atoms with E-state index in [1.807, 2.05) is 6.07 Å². The molecule has 2 aromatic rings. The van der Waals surface area contributed by atoms with Crippen molar-refractivity contribution < 1.29 is 4.79 Å². The molecule has 0 radical (unpaired) electrons. The zero-order chi connectivity index (χ0) is 13.3. The second-order valence-electron chi connectivity index (χ2n) is 4.45. The predicted octanol–water partition coefficient (Wildman–Crippen LogP) is 2.89. The van der Waals surface area contributed by atoms with Gasteiger partial charge in [0.05, 0.1) is 26.5 Å². The summed E-state index contributed by atoms with van der Waals surface area (Å²) >= 11 is 7.64. The molecule has 1 aromatic carbocycles. The number of hydrogen-bond donors (Lipinski definition) is 2. The van der Waals surface area contributed by atoms with Crippen LogP contribution in [0, 0.1) is 0 Å². The summed E-state index contributed by atoms with van der Waals surface area (Å²) in [4.78, 5) is 16.4. The molecule has 0 saturated heterocycles. The van der Waals surface area contributed by atoms with Crippen molar-refractivity contribution in [3.05, 3.63) is 22.7 Å². The molecule has 1 amide bonds. The quantitative estimate of drug-likeness (QED) is 0.911. The highest BCUT2D eigenvalue weighted by molar-refractivity contribution is 7.16. The maximum atomic E-state index is 12.1. The van der Waals surface area contributed by atoms with E-state index in [1.165, 1.54) is 11.3 Å². The Balaban J connectivity index is 2.40. The Morgan fingerprint density at radius 1 is 1.44 bits per heavy atom. The van der Waals surface area contributed by atoms with Crippen molar-refractivity contribution in [1.82, 2.24) is 10.3 Å². The Hall–Kier alpha value is -1.17. The lowest BCUT2D eigenvalue weighted by molar-refractivity contribution is -0.121. The summed E-state index contributed by atoms with van der Waals surface area (Å²) in [6.45, 7) is 3.61. The van der Waals surface area contributed by atoms with Gasteiger partial charge in [-0.25, -0.2) is 4.98 Å². The SMILES string of the molecule is CNC(C)(C)C(=O)Nc1c(Cl)ccc2scnc12.